The zero-order valence-corrected chi connectivity index (χ0v) is 6.79. The Balaban J connectivity index is 2.09. The Morgan fingerprint density at radius 1 is 1.18 bits per heavy atom. The Kier molecular flexibility index (Phi) is 1.93. The average Bonchev–Trinajstić information content (AvgIpc) is 2.12. The van der Waals surface area contributed by atoms with E-state index in [1.807, 2.05) is 0 Å². The molecule has 2 rings (SSSR count). The third kappa shape index (κ3) is 1.45. The van der Waals surface area contributed by atoms with E-state index in [1.54, 1.807) is 5.57 Å². The minimum atomic E-state index is 0.883. The van der Waals surface area contributed by atoms with Crippen molar-refractivity contribution in [2.24, 2.45) is 5.92 Å². The molecular formula is C11H14. The molecule has 1 saturated carbocycles. The van der Waals surface area contributed by atoms with Crippen LogP contribution in [-0.4, -0.2) is 0 Å². The van der Waals surface area contributed by atoms with E-state index in [1.165, 1.54) is 19.3 Å². The SMILES string of the molecule is C1=CCC=CC(C2CCC2)=C1. The van der Waals surface area contributed by atoms with Gasteiger partial charge < -0.3 is 0 Å². The Morgan fingerprint density at radius 2 is 2.09 bits per heavy atom. The minimum Gasteiger partial charge on any atom is -0.0807 e. The number of hydrogen-bond acceptors (Lipinski definition) is 0. The molecule has 0 aromatic heterocycles. The van der Waals surface area contributed by atoms with Gasteiger partial charge in [0.15, 0.2) is 0 Å². The maximum absolute atomic E-state index is 2.30. The maximum Gasteiger partial charge on any atom is -0.0162 e. The third-order valence-corrected chi connectivity index (χ3v) is 2.58. The van der Waals surface area contributed by atoms with Crippen molar-refractivity contribution in [2.75, 3.05) is 0 Å². The average molecular weight is 146 g/mol. The summed E-state index contributed by atoms with van der Waals surface area (Å²) in [5.41, 5.74) is 1.55. The molecule has 0 nitrogen and oxygen atoms in total. The molecule has 0 atom stereocenters. The monoisotopic (exact) mass is 146 g/mol. The fraction of sp³-hybridized carbons (Fsp3) is 0.455. The highest BCUT2D eigenvalue weighted by Crippen LogP contribution is 2.34. The Bertz CT molecular complexity index is 214. The smallest absolute Gasteiger partial charge is 0.0162 e. The highest BCUT2D eigenvalue weighted by atomic mass is 14.2. The summed E-state index contributed by atoms with van der Waals surface area (Å²) in [7, 11) is 0. The fourth-order valence-corrected chi connectivity index (χ4v) is 1.61. The molecule has 0 aromatic carbocycles. The van der Waals surface area contributed by atoms with Gasteiger partial charge in [-0.25, -0.2) is 0 Å². The Morgan fingerprint density at radius 3 is 2.82 bits per heavy atom. The van der Waals surface area contributed by atoms with Crippen molar-refractivity contribution < 1.29 is 0 Å². The van der Waals surface area contributed by atoms with Crippen LogP contribution in [0.3, 0.4) is 0 Å². The normalized spacial score (nSPS) is 24.2. The van der Waals surface area contributed by atoms with E-state index < -0.39 is 0 Å². The van der Waals surface area contributed by atoms with E-state index in [0.29, 0.717) is 0 Å². The number of hydrogen-bond donors (Lipinski definition) is 0. The standard InChI is InChI=1S/C11H14/c1-2-4-7-10(6-3-1)11-8-5-9-11/h1,3-4,6-7,11H,2,5,8-9H2. The minimum absolute atomic E-state index is 0.883. The lowest BCUT2D eigenvalue weighted by atomic mass is 9.79. The van der Waals surface area contributed by atoms with E-state index in [2.05, 4.69) is 30.4 Å². The zero-order valence-electron chi connectivity index (χ0n) is 6.79. The summed E-state index contributed by atoms with van der Waals surface area (Å²) >= 11 is 0. The van der Waals surface area contributed by atoms with Crippen LogP contribution in [0.5, 0.6) is 0 Å². The van der Waals surface area contributed by atoms with Crippen molar-refractivity contribution in [2.45, 2.75) is 25.7 Å². The van der Waals surface area contributed by atoms with E-state index in [-0.39, 0.29) is 0 Å². The van der Waals surface area contributed by atoms with Gasteiger partial charge in [0, 0.05) is 0 Å². The Labute approximate surface area is 68.3 Å². The highest BCUT2D eigenvalue weighted by Gasteiger charge is 2.19. The summed E-state index contributed by atoms with van der Waals surface area (Å²) in [6.45, 7) is 0. The van der Waals surface area contributed by atoms with Crippen molar-refractivity contribution >= 4 is 0 Å². The molecule has 0 unspecified atom stereocenters. The van der Waals surface area contributed by atoms with Gasteiger partial charge in [0.1, 0.15) is 0 Å². The van der Waals surface area contributed by atoms with Crippen LogP contribution in [0.4, 0.5) is 0 Å². The van der Waals surface area contributed by atoms with Gasteiger partial charge in [-0.05, 0) is 30.8 Å². The maximum atomic E-state index is 2.30. The predicted molar refractivity (Wildman–Crippen MR) is 48.3 cm³/mol. The highest BCUT2D eigenvalue weighted by molar-refractivity contribution is 5.30. The molecule has 0 aromatic rings. The molecule has 0 saturated heterocycles. The van der Waals surface area contributed by atoms with Crippen LogP contribution in [0.25, 0.3) is 0 Å². The van der Waals surface area contributed by atoms with E-state index in [4.69, 9.17) is 0 Å². The molecule has 0 aliphatic heterocycles. The topological polar surface area (TPSA) is 0 Å². The Hall–Kier alpha value is -0.780. The van der Waals surface area contributed by atoms with Gasteiger partial charge in [-0.1, -0.05) is 36.8 Å². The van der Waals surface area contributed by atoms with Gasteiger partial charge in [-0.3, -0.25) is 0 Å². The van der Waals surface area contributed by atoms with Crippen LogP contribution in [0.2, 0.25) is 0 Å². The summed E-state index contributed by atoms with van der Waals surface area (Å²) in [6.07, 6.45) is 16.6. The lowest BCUT2D eigenvalue weighted by molar-refractivity contribution is 0.374. The lowest BCUT2D eigenvalue weighted by Crippen LogP contribution is -2.12. The molecule has 0 N–H and O–H groups in total. The van der Waals surface area contributed by atoms with Crippen molar-refractivity contribution in [3.63, 3.8) is 0 Å². The first-order valence-corrected chi connectivity index (χ1v) is 4.50. The molecule has 11 heavy (non-hydrogen) atoms. The van der Waals surface area contributed by atoms with Crippen LogP contribution in [0.1, 0.15) is 25.7 Å². The van der Waals surface area contributed by atoms with Crippen LogP contribution < -0.4 is 0 Å². The molecule has 0 spiro atoms. The molecule has 0 heterocycles. The third-order valence-electron chi connectivity index (χ3n) is 2.58. The van der Waals surface area contributed by atoms with E-state index in [0.717, 1.165) is 12.3 Å². The largest absolute Gasteiger partial charge is 0.0807 e. The first-order valence-electron chi connectivity index (χ1n) is 4.50. The van der Waals surface area contributed by atoms with Crippen LogP contribution in [0.15, 0.2) is 36.0 Å². The molecule has 58 valence electrons. The molecule has 1 fully saturated rings. The van der Waals surface area contributed by atoms with Gasteiger partial charge in [0.2, 0.25) is 0 Å². The summed E-state index contributed by atoms with van der Waals surface area (Å²) in [6, 6.07) is 0. The van der Waals surface area contributed by atoms with E-state index >= 15 is 0 Å². The second kappa shape index (κ2) is 3.08. The predicted octanol–water partition coefficient (Wildman–Crippen LogP) is 3.23. The van der Waals surface area contributed by atoms with Crippen molar-refractivity contribution in [1.29, 1.82) is 0 Å². The van der Waals surface area contributed by atoms with Gasteiger partial charge in [-0.15, -0.1) is 0 Å². The fourth-order valence-electron chi connectivity index (χ4n) is 1.61. The van der Waals surface area contributed by atoms with Gasteiger partial charge >= 0.3 is 0 Å². The van der Waals surface area contributed by atoms with E-state index in [9.17, 15) is 0 Å². The molecule has 0 bridgehead atoms. The van der Waals surface area contributed by atoms with Crippen molar-refractivity contribution in [3.05, 3.63) is 36.0 Å². The zero-order chi connectivity index (χ0) is 7.52. The molecule has 2 aliphatic carbocycles. The molecule has 0 amide bonds. The second-order valence-corrected chi connectivity index (χ2v) is 3.36. The van der Waals surface area contributed by atoms with Crippen LogP contribution in [0, 0.1) is 5.92 Å². The molecule has 0 radical (unpaired) electrons. The van der Waals surface area contributed by atoms with Gasteiger partial charge in [0.05, 0.1) is 0 Å². The van der Waals surface area contributed by atoms with Gasteiger partial charge in [-0.2, -0.15) is 0 Å². The number of allylic oxidation sites excluding steroid dienone is 6. The second-order valence-electron chi connectivity index (χ2n) is 3.36. The summed E-state index contributed by atoms with van der Waals surface area (Å²) in [5, 5.41) is 0. The quantitative estimate of drug-likeness (QED) is 0.532. The molecule has 2 aliphatic rings. The van der Waals surface area contributed by atoms with Crippen LogP contribution in [-0.2, 0) is 0 Å². The summed E-state index contributed by atoms with van der Waals surface area (Å²) in [4.78, 5) is 0. The summed E-state index contributed by atoms with van der Waals surface area (Å²) < 4.78 is 0. The molecular weight excluding hydrogens is 132 g/mol. The van der Waals surface area contributed by atoms with Crippen molar-refractivity contribution in [1.82, 2.24) is 0 Å². The van der Waals surface area contributed by atoms with Crippen LogP contribution >= 0.6 is 0 Å². The van der Waals surface area contributed by atoms with Crippen molar-refractivity contribution in [3.8, 4) is 0 Å². The first kappa shape index (κ1) is 6.90. The first-order chi connectivity index (χ1) is 5.47. The number of rotatable bonds is 1. The molecule has 0 heteroatoms. The lowest BCUT2D eigenvalue weighted by Gasteiger charge is -2.26. The summed E-state index contributed by atoms with van der Waals surface area (Å²) in [5.74, 6) is 0.883. The van der Waals surface area contributed by atoms with Gasteiger partial charge in [0.25, 0.3) is 0 Å².